The zero-order valence-electron chi connectivity index (χ0n) is 24.1. The molecule has 1 aliphatic rings. The number of anilines is 1. The predicted molar refractivity (Wildman–Crippen MR) is 152 cm³/mol. The number of carbonyl (C=O) groups excluding carboxylic acids is 2. The number of aromatic nitrogens is 2. The average molecular weight is 539 g/mol. The molecule has 0 spiro atoms. The minimum atomic E-state index is -0.690. The second kappa shape index (κ2) is 12.4. The van der Waals surface area contributed by atoms with E-state index in [1.165, 1.54) is 0 Å². The number of amides is 2. The molecule has 0 bridgehead atoms. The van der Waals surface area contributed by atoms with Crippen molar-refractivity contribution in [1.82, 2.24) is 20.2 Å². The summed E-state index contributed by atoms with van der Waals surface area (Å²) in [5.41, 5.74) is 1.06. The van der Waals surface area contributed by atoms with E-state index in [2.05, 4.69) is 48.2 Å². The molecule has 212 valence electrons. The maximum atomic E-state index is 13.6. The van der Waals surface area contributed by atoms with E-state index in [1.807, 2.05) is 0 Å². The molecule has 3 N–H and O–H groups in total. The highest BCUT2D eigenvalue weighted by Gasteiger charge is 2.32. The number of benzene rings is 1. The quantitative estimate of drug-likeness (QED) is 0.327. The average Bonchev–Trinajstić information content (AvgIpc) is 3.26. The van der Waals surface area contributed by atoms with E-state index < -0.39 is 17.7 Å². The highest BCUT2D eigenvalue weighted by molar-refractivity contribution is 6.04. The third kappa shape index (κ3) is 8.15. The third-order valence-electron chi connectivity index (χ3n) is 6.15. The first kappa shape index (κ1) is 29.9. The van der Waals surface area contributed by atoms with Gasteiger partial charge in [0.25, 0.3) is 5.56 Å². The second-order valence-corrected chi connectivity index (χ2v) is 11.9. The van der Waals surface area contributed by atoms with Gasteiger partial charge in [-0.2, -0.15) is 0 Å². The van der Waals surface area contributed by atoms with Crippen LogP contribution in [0, 0.1) is 17.2 Å². The van der Waals surface area contributed by atoms with Crippen LogP contribution in [0.2, 0.25) is 0 Å². The van der Waals surface area contributed by atoms with Crippen molar-refractivity contribution in [3.05, 3.63) is 57.8 Å². The smallest absolute Gasteiger partial charge is 0.413 e. The molecule has 1 aromatic carbocycles. The number of nitrogens with zero attached hydrogens (tertiary/aromatic N) is 3. The lowest BCUT2D eigenvalue weighted by Crippen LogP contribution is -2.40. The van der Waals surface area contributed by atoms with Crippen LogP contribution in [0.4, 0.5) is 10.5 Å². The predicted octanol–water partition coefficient (Wildman–Crippen LogP) is 4.02. The van der Waals surface area contributed by atoms with Crippen LogP contribution in [0.25, 0.3) is 0 Å². The van der Waals surface area contributed by atoms with E-state index in [1.54, 1.807) is 55.8 Å². The van der Waals surface area contributed by atoms with Crippen molar-refractivity contribution in [3.8, 4) is 0 Å². The van der Waals surface area contributed by atoms with Gasteiger partial charge in [-0.15, -0.1) is 0 Å². The van der Waals surface area contributed by atoms with Crippen molar-refractivity contribution in [2.75, 3.05) is 18.0 Å². The molecule has 10 heteroatoms. The number of hydrogen-bond acceptors (Lipinski definition) is 7. The Labute approximate surface area is 230 Å². The van der Waals surface area contributed by atoms with Crippen LogP contribution >= 0.6 is 0 Å². The molecule has 3 rings (SSSR count). The van der Waals surface area contributed by atoms with Crippen molar-refractivity contribution in [2.45, 2.75) is 79.5 Å². The van der Waals surface area contributed by atoms with E-state index in [-0.39, 0.29) is 23.8 Å². The molecule has 2 amide bonds. The number of hydrogen-bond donors (Lipinski definition) is 3. The molecular formula is C29H42N6O4. The Morgan fingerprint density at radius 2 is 1.74 bits per heavy atom. The number of amidine groups is 1. The summed E-state index contributed by atoms with van der Waals surface area (Å²) in [6.45, 7) is 15.5. The molecule has 1 aromatic heterocycles. The molecule has 0 saturated heterocycles. The molecule has 10 nitrogen and oxygen atoms in total. The number of rotatable bonds is 9. The van der Waals surface area contributed by atoms with Crippen LogP contribution in [-0.2, 0) is 22.5 Å². The van der Waals surface area contributed by atoms with Gasteiger partial charge in [-0.25, -0.2) is 9.78 Å². The van der Waals surface area contributed by atoms with Crippen molar-refractivity contribution < 1.29 is 14.3 Å². The summed E-state index contributed by atoms with van der Waals surface area (Å²) < 4.78 is 6.75. The first-order chi connectivity index (χ1) is 18.2. The number of ether oxygens (including phenoxy) is 1. The Balaban J connectivity index is 1.66. The molecule has 0 unspecified atom stereocenters. The van der Waals surface area contributed by atoms with Gasteiger partial charge in [-0.05, 0) is 44.6 Å². The molecule has 2 aromatic rings. The van der Waals surface area contributed by atoms with Gasteiger partial charge in [0.05, 0.1) is 6.20 Å². The van der Waals surface area contributed by atoms with Gasteiger partial charge in [-0.3, -0.25) is 24.9 Å². The Morgan fingerprint density at radius 1 is 1.13 bits per heavy atom. The summed E-state index contributed by atoms with van der Waals surface area (Å²) in [5, 5.41) is 13.5. The summed E-state index contributed by atoms with van der Waals surface area (Å²) in [7, 11) is 0. The summed E-state index contributed by atoms with van der Waals surface area (Å²) >= 11 is 0. The van der Waals surface area contributed by atoms with E-state index in [4.69, 9.17) is 10.1 Å². The minimum absolute atomic E-state index is 0.0749. The monoisotopic (exact) mass is 538 g/mol. The SMILES string of the molecule is CC(C)CN(CC(C)C)c1cnc2n(c1=O)[C@H](C(=O)NCc1ccc(C(=N)NC(=O)OC(C)(C)C)cc1)CC2. The standard InChI is InChI=1S/C29H42N6O4/c1-18(2)16-34(17-19(3)4)23-15-31-24-13-12-22(35(24)27(23)37)26(36)32-14-20-8-10-21(11-9-20)25(30)33-28(38)39-29(5,6)7/h8-11,15,18-19,22H,12-14,16-17H2,1-7H3,(H,32,36)(H2,30,33,38)/t22-/m0/s1. The molecule has 0 fully saturated rings. The summed E-state index contributed by atoms with van der Waals surface area (Å²) in [6.07, 6.45) is 2.07. The fourth-order valence-corrected chi connectivity index (χ4v) is 4.59. The largest absolute Gasteiger partial charge is 0.444 e. The molecule has 39 heavy (non-hydrogen) atoms. The van der Waals surface area contributed by atoms with E-state index in [0.717, 1.165) is 18.7 Å². The first-order valence-electron chi connectivity index (χ1n) is 13.6. The molecule has 0 radical (unpaired) electrons. The van der Waals surface area contributed by atoms with Gasteiger partial charge in [0.15, 0.2) is 0 Å². The minimum Gasteiger partial charge on any atom is -0.444 e. The van der Waals surface area contributed by atoms with Gasteiger partial charge in [0.2, 0.25) is 5.91 Å². The molecule has 0 aliphatic carbocycles. The normalized spacial score (nSPS) is 14.7. The van der Waals surface area contributed by atoms with Gasteiger partial charge in [0.1, 0.15) is 29.0 Å². The highest BCUT2D eigenvalue weighted by Crippen LogP contribution is 2.25. The number of carbonyl (C=O) groups is 2. The zero-order valence-corrected chi connectivity index (χ0v) is 24.1. The van der Waals surface area contributed by atoms with Crippen molar-refractivity contribution in [2.24, 2.45) is 11.8 Å². The van der Waals surface area contributed by atoms with Gasteiger partial charge in [0, 0.05) is 31.6 Å². The van der Waals surface area contributed by atoms with Crippen LogP contribution in [0.15, 0.2) is 35.3 Å². The number of nitrogens with one attached hydrogen (secondary N) is 3. The van der Waals surface area contributed by atoms with Crippen LogP contribution in [0.1, 0.15) is 77.9 Å². The van der Waals surface area contributed by atoms with Gasteiger partial charge >= 0.3 is 6.09 Å². The Morgan fingerprint density at radius 3 is 2.31 bits per heavy atom. The Bertz CT molecular complexity index is 1230. The lowest BCUT2D eigenvalue weighted by atomic mass is 10.1. The molecule has 1 atom stereocenters. The van der Waals surface area contributed by atoms with E-state index in [0.29, 0.717) is 41.8 Å². The van der Waals surface area contributed by atoms with Gasteiger partial charge < -0.3 is 15.0 Å². The van der Waals surface area contributed by atoms with Crippen LogP contribution < -0.4 is 21.1 Å². The van der Waals surface area contributed by atoms with Crippen molar-refractivity contribution >= 4 is 23.5 Å². The van der Waals surface area contributed by atoms with Crippen molar-refractivity contribution in [3.63, 3.8) is 0 Å². The van der Waals surface area contributed by atoms with E-state index in [9.17, 15) is 14.4 Å². The van der Waals surface area contributed by atoms with Crippen LogP contribution in [0.5, 0.6) is 0 Å². The fourth-order valence-electron chi connectivity index (χ4n) is 4.59. The lowest BCUT2D eigenvalue weighted by molar-refractivity contribution is -0.124. The number of fused-ring (bicyclic) bond motifs is 1. The molecular weight excluding hydrogens is 496 g/mol. The topological polar surface area (TPSA) is 129 Å². The maximum Gasteiger partial charge on any atom is 0.413 e. The number of alkyl carbamates (subject to hydrolysis) is 1. The summed E-state index contributed by atoms with van der Waals surface area (Å²) in [4.78, 5) is 45.3. The fraction of sp³-hybridized carbons (Fsp3) is 0.552. The number of aryl methyl sites for hydroxylation is 1. The van der Waals surface area contributed by atoms with Crippen molar-refractivity contribution in [1.29, 1.82) is 5.41 Å². The van der Waals surface area contributed by atoms with Crippen LogP contribution in [-0.4, -0.2) is 46.1 Å². The zero-order chi connectivity index (χ0) is 28.9. The summed E-state index contributed by atoms with van der Waals surface area (Å²) in [6, 6.07) is 6.36. The highest BCUT2D eigenvalue weighted by atomic mass is 16.6. The Kier molecular flexibility index (Phi) is 9.53. The third-order valence-corrected chi connectivity index (χ3v) is 6.15. The molecule has 0 saturated carbocycles. The maximum absolute atomic E-state index is 13.6. The molecule has 1 aliphatic heterocycles. The van der Waals surface area contributed by atoms with E-state index >= 15 is 0 Å². The Hall–Kier alpha value is -3.69. The lowest BCUT2D eigenvalue weighted by Gasteiger charge is -2.28. The summed E-state index contributed by atoms with van der Waals surface area (Å²) in [5.74, 6) is 1.09. The van der Waals surface area contributed by atoms with Crippen LogP contribution in [0.3, 0.4) is 0 Å². The first-order valence-corrected chi connectivity index (χ1v) is 13.6. The molecule has 2 heterocycles. The second-order valence-electron chi connectivity index (χ2n) is 11.9. The van der Waals surface area contributed by atoms with Gasteiger partial charge in [-0.1, -0.05) is 52.0 Å².